The number of amides is 7. The van der Waals surface area contributed by atoms with Crippen LogP contribution in [0.3, 0.4) is 0 Å². The zero-order chi connectivity index (χ0) is 56.0. The third kappa shape index (κ3) is 18.7. The summed E-state index contributed by atoms with van der Waals surface area (Å²) in [5.74, 6) is -7.78. The van der Waals surface area contributed by atoms with Crippen LogP contribution in [0.4, 0.5) is 0 Å². The van der Waals surface area contributed by atoms with Gasteiger partial charge in [-0.15, -0.1) is 0 Å². The number of carbonyl (C=O) groups is 8. The van der Waals surface area contributed by atoms with E-state index in [2.05, 4.69) is 67.5 Å². The molecular formula is C54H68N10O11S2. The van der Waals surface area contributed by atoms with E-state index in [0.717, 1.165) is 16.5 Å². The van der Waals surface area contributed by atoms with Gasteiger partial charge in [0.15, 0.2) is 0 Å². The first-order valence-electron chi connectivity index (χ1n) is 25.0. The van der Waals surface area contributed by atoms with Gasteiger partial charge >= 0.3 is 5.97 Å². The lowest BCUT2D eigenvalue weighted by Crippen LogP contribution is -2.62. The van der Waals surface area contributed by atoms with Crippen molar-refractivity contribution in [3.63, 3.8) is 0 Å². The lowest BCUT2D eigenvalue weighted by atomic mass is 10.0. The number of hydrogen-bond donors (Lipinski definition) is 15. The van der Waals surface area contributed by atoms with Crippen molar-refractivity contribution >= 4 is 83.5 Å². The van der Waals surface area contributed by atoms with Crippen LogP contribution in [0.5, 0.6) is 5.75 Å². The Morgan fingerprint density at radius 3 is 1.55 bits per heavy atom. The number of aliphatic hydroxyl groups is 1. The number of H-pyrrole nitrogens is 1. The first-order valence-corrected chi connectivity index (χ1v) is 26.3. The van der Waals surface area contributed by atoms with Crippen molar-refractivity contribution in [2.45, 2.75) is 106 Å². The Labute approximate surface area is 456 Å². The number of aromatic amines is 1. The fourth-order valence-electron chi connectivity index (χ4n) is 8.26. The quantitative estimate of drug-likeness (QED) is 0.0218. The highest BCUT2D eigenvalue weighted by molar-refractivity contribution is 7.80. The number of aliphatic hydroxyl groups excluding tert-OH is 1. The van der Waals surface area contributed by atoms with Crippen molar-refractivity contribution in [1.82, 2.24) is 42.2 Å². The molecule has 0 aliphatic rings. The van der Waals surface area contributed by atoms with E-state index in [1.807, 2.05) is 48.5 Å². The number of aliphatic carboxylic acids is 1. The third-order valence-corrected chi connectivity index (χ3v) is 13.3. The molecule has 412 valence electrons. The predicted octanol–water partition coefficient (Wildman–Crippen LogP) is 0.319. The second-order valence-electron chi connectivity index (χ2n) is 18.5. The number of aromatic nitrogens is 1. The third-order valence-electron chi connectivity index (χ3n) is 12.5. The van der Waals surface area contributed by atoms with Gasteiger partial charge in [0.2, 0.25) is 41.4 Å². The first-order chi connectivity index (χ1) is 36.9. The Kier molecular flexibility index (Phi) is 23.8. The zero-order valence-electron chi connectivity index (χ0n) is 42.4. The number of para-hydroxylation sites is 1. The number of thiol groups is 2. The summed E-state index contributed by atoms with van der Waals surface area (Å²) in [6, 6.07) is 19.8. The molecule has 0 aliphatic heterocycles. The molecule has 0 fully saturated rings. The van der Waals surface area contributed by atoms with E-state index in [0.29, 0.717) is 29.5 Å². The van der Waals surface area contributed by atoms with Crippen LogP contribution in [0.1, 0.15) is 48.4 Å². The number of unbranched alkanes of at least 4 members (excludes halogenated alkanes) is 1. The van der Waals surface area contributed by atoms with Gasteiger partial charge in [-0.05, 0) is 79.6 Å². The van der Waals surface area contributed by atoms with Crippen LogP contribution in [-0.4, -0.2) is 140 Å². The van der Waals surface area contributed by atoms with Crippen molar-refractivity contribution in [3.05, 3.63) is 138 Å². The standard InChI is InChI=1S/C54H68N10O11S2/c1-31(65)46(53(73)63-45(30-77)52(72)61-43(54(74)75)26-34-19-21-36(66)22-20-34)64-48(68)40(18-10-11-23-55)58-50(70)42(27-35-28-57-39-17-9-8-16-37(35)39)60-49(69)41(25-33-14-6-3-7-15-33)59-51(71)44(29-76)62-47(67)38(56)24-32-12-4-2-5-13-32/h2-9,12-17,19-22,28,31,38,40-46,57,65-66,76-77H,10-11,18,23-27,29-30,55-56H2,1H3,(H,58,70)(H,59,71)(H,60,69)(H,61,72)(H,62,67)(H,63,73)(H,64,68)(H,74,75)/t31-,38-,40+,41+,42-,43+,44+,45+,46+/m1/s1. The van der Waals surface area contributed by atoms with E-state index in [1.54, 1.807) is 42.6 Å². The molecule has 15 N–H and O–H groups in total. The number of aromatic hydroxyl groups is 1. The minimum atomic E-state index is -1.71. The first kappa shape index (κ1) is 60.4. The summed E-state index contributed by atoms with van der Waals surface area (Å²) in [7, 11) is 0. The summed E-state index contributed by atoms with van der Waals surface area (Å²) in [4.78, 5) is 113. The number of carboxylic acids is 1. The van der Waals surface area contributed by atoms with Crippen molar-refractivity contribution in [3.8, 4) is 5.75 Å². The van der Waals surface area contributed by atoms with Gasteiger partial charge in [0, 0.05) is 47.9 Å². The van der Waals surface area contributed by atoms with Crippen LogP contribution in [0.15, 0.2) is 115 Å². The number of benzene rings is 4. The van der Waals surface area contributed by atoms with Crippen molar-refractivity contribution in [2.75, 3.05) is 18.1 Å². The summed E-state index contributed by atoms with van der Waals surface area (Å²) < 4.78 is 0. The monoisotopic (exact) mass is 1100 g/mol. The minimum absolute atomic E-state index is 0.0194. The van der Waals surface area contributed by atoms with Crippen molar-refractivity contribution in [1.29, 1.82) is 0 Å². The molecule has 5 rings (SSSR count). The van der Waals surface area contributed by atoms with E-state index < -0.39 is 102 Å². The Morgan fingerprint density at radius 1 is 0.532 bits per heavy atom. The van der Waals surface area contributed by atoms with Gasteiger partial charge in [-0.2, -0.15) is 25.3 Å². The molecule has 0 radical (unpaired) electrons. The number of hydrogen-bond acceptors (Lipinski definition) is 14. The molecule has 7 amide bonds. The number of fused-ring (bicyclic) bond motifs is 1. The van der Waals surface area contributed by atoms with Gasteiger partial charge in [-0.25, -0.2) is 4.79 Å². The van der Waals surface area contributed by atoms with Gasteiger partial charge in [0.25, 0.3) is 0 Å². The molecule has 5 aromatic rings. The molecule has 0 unspecified atom stereocenters. The second kappa shape index (κ2) is 30.3. The number of nitrogens with one attached hydrogen (secondary N) is 8. The van der Waals surface area contributed by atoms with Crippen LogP contribution < -0.4 is 48.7 Å². The number of phenolic OH excluding ortho intramolecular Hbond substituents is 1. The van der Waals surface area contributed by atoms with E-state index >= 15 is 0 Å². The van der Waals surface area contributed by atoms with E-state index in [9.17, 15) is 53.7 Å². The highest BCUT2D eigenvalue weighted by Crippen LogP contribution is 2.20. The lowest BCUT2D eigenvalue weighted by molar-refractivity contribution is -0.142. The topological polar surface area (TPSA) is 349 Å². The van der Waals surface area contributed by atoms with Crippen LogP contribution in [0.25, 0.3) is 10.9 Å². The normalized spacial score (nSPS) is 14.7. The van der Waals surface area contributed by atoms with Gasteiger partial charge in [0.1, 0.15) is 48.0 Å². The summed E-state index contributed by atoms with van der Waals surface area (Å²) in [5.41, 5.74) is 15.3. The highest BCUT2D eigenvalue weighted by atomic mass is 32.1. The van der Waals surface area contributed by atoms with Gasteiger partial charge < -0.3 is 69.0 Å². The molecule has 0 spiro atoms. The van der Waals surface area contributed by atoms with Gasteiger partial charge in [-0.3, -0.25) is 33.6 Å². The van der Waals surface area contributed by atoms with Crippen LogP contribution >= 0.6 is 25.3 Å². The summed E-state index contributed by atoms with van der Waals surface area (Å²) >= 11 is 8.50. The lowest BCUT2D eigenvalue weighted by Gasteiger charge is -2.28. The average molecular weight is 1100 g/mol. The molecule has 77 heavy (non-hydrogen) atoms. The molecule has 4 aromatic carbocycles. The predicted molar refractivity (Wildman–Crippen MR) is 296 cm³/mol. The van der Waals surface area contributed by atoms with Crippen LogP contribution in [-0.2, 0) is 64.0 Å². The molecule has 9 atom stereocenters. The zero-order valence-corrected chi connectivity index (χ0v) is 44.2. The molecule has 0 aliphatic carbocycles. The molecule has 1 heterocycles. The van der Waals surface area contributed by atoms with E-state index in [4.69, 9.17) is 11.5 Å². The minimum Gasteiger partial charge on any atom is -0.508 e. The Hall–Kier alpha value is -7.44. The number of phenols is 1. The number of carbonyl (C=O) groups excluding carboxylic acids is 7. The van der Waals surface area contributed by atoms with E-state index in [-0.39, 0.29) is 55.9 Å². The molecular weight excluding hydrogens is 1030 g/mol. The highest BCUT2D eigenvalue weighted by Gasteiger charge is 2.36. The number of rotatable bonds is 30. The van der Waals surface area contributed by atoms with Crippen LogP contribution in [0, 0.1) is 0 Å². The Morgan fingerprint density at radius 2 is 0.987 bits per heavy atom. The largest absolute Gasteiger partial charge is 0.508 e. The van der Waals surface area contributed by atoms with Crippen molar-refractivity contribution in [2.24, 2.45) is 11.5 Å². The SMILES string of the molecule is C[C@@H](O)[C@H](NC(=O)[C@H](CCCCN)NC(=O)[C@@H](Cc1c[nH]c2ccccc12)NC(=O)[C@H](Cc1ccccc1)NC(=O)[C@H](CS)NC(=O)[C@H](N)Cc1ccccc1)C(=O)N[C@@H](CS)C(=O)N[C@@H](Cc1ccc(O)cc1)C(=O)O. The van der Waals surface area contributed by atoms with Crippen molar-refractivity contribution < 1.29 is 53.7 Å². The molecule has 1 aromatic heterocycles. The van der Waals surface area contributed by atoms with Gasteiger partial charge in [-0.1, -0.05) is 91.0 Å². The fourth-order valence-corrected chi connectivity index (χ4v) is 8.77. The Bertz CT molecular complexity index is 2770. The fraction of sp³-hybridized carbons (Fsp3) is 0.370. The molecule has 0 saturated carbocycles. The van der Waals surface area contributed by atoms with Crippen LogP contribution in [0.2, 0.25) is 0 Å². The summed E-state index contributed by atoms with van der Waals surface area (Å²) in [6.07, 6.45) is 0.665. The molecule has 23 heteroatoms. The number of nitrogens with two attached hydrogens (primary N) is 2. The number of carboxylic acid groups (broad SMARTS) is 1. The Balaban J connectivity index is 1.36. The second-order valence-corrected chi connectivity index (χ2v) is 19.2. The maximum Gasteiger partial charge on any atom is 0.326 e. The maximum atomic E-state index is 14.7. The van der Waals surface area contributed by atoms with Gasteiger partial charge in [0.05, 0.1) is 12.1 Å². The average Bonchev–Trinajstić information content (AvgIpc) is 3.83. The molecule has 0 bridgehead atoms. The van der Waals surface area contributed by atoms with E-state index in [1.165, 1.54) is 31.2 Å². The maximum absolute atomic E-state index is 14.7. The molecule has 21 nitrogen and oxygen atoms in total. The molecule has 0 saturated heterocycles. The smallest absolute Gasteiger partial charge is 0.326 e. The summed E-state index contributed by atoms with van der Waals surface area (Å²) in [5, 5.41) is 49.2. The summed E-state index contributed by atoms with van der Waals surface area (Å²) in [6.45, 7) is 1.45.